The molecule has 0 amide bonds. The zero-order valence-electron chi connectivity index (χ0n) is 18.1. The van der Waals surface area contributed by atoms with Gasteiger partial charge < -0.3 is 19.7 Å². The van der Waals surface area contributed by atoms with E-state index in [-0.39, 0.29) is 5.97 Å². The van der Waals surface area contributed by atoms with Crippen LogP contribution in [0.2, 0.25) is 0 Å². The third-order valence-corrected chi connectivity index (χ3v) is 5.30. The normalized spacial score (nSPS) is 15.0. The van der Waals surface area contributed by atoms with Gasteiger partial charge in [0, 0.05) is 6.54 Å². The van der Waals surface area contributed by atoms with Crippen LogP contribution in [-0.4, -0.2) is 65.9 Å². The Balaban J connectivity index is 0.000000534. The number of carbonyl (C=O) groups excluding carboxylic acids is 1. The topological polar surface area (TPSA) is 113 Å². The van der Waals surface area contributed by atoms with Crippen LogP contribution in [0.25, 0.3) is 0 Å². The molecule has 0 bridgehead atoms. The molecule has 1 fully saturated rings. The minimum Gasteiger partial charge on any atom is -0.492 e. The standard InChI is InChI=1S/C22H27NO3.C2H2O4/c1-2-25-21(24)22(19-9-5-3-6-10-19)13-15-23(16-14-22)17-18-26-20-11-7-4-8-12-20;3-1(4)2(5)6/h3-12H,2,13-18H2,1H3;(H,3,4)(H,5,6). The lowest BCUT2D eigenvalue weighted by Gasteiger charge is -2.40. The lowest BCUT2D eigenvalue weighted by atomic mass is 9.72. The first-order chi connectivity index (χ1) is 15.4. The summed E-state index contributed by atoms with van der Waals surface area (Å²) in [5.74, 6) is -2.84. The van der Waals surface area contributed by atoms with E-state index in [2.05, 4.69) is 4.90 Å². The maximum Gasteiger partial charge on any atom is 0.414 e. The molecule has 1 saturated heterocycles. The molecular weight excluding hydrogens is 414 g/mol. The molecule has 1 aliphatic heterocycles. The summed E-state index contributed by atoms with van der Waals surface area (Å²) in [5, 5.41) is 14.8. The minimum atomic E-state index is -1.82. The number of rotatable bonds is 7. The molecule has 1 aliphatic rings. The first-order valence-corrected chi connectivity index (χ1v) is 10.5. The maximum atomic E-state index is 12.8. The van der Waals surface area contributed by atoms with Gasteiger partial charge in [-0.2, -0.15) is 0 Å². The fourth-order valence-corrected chi connectivity index (χ4v) is 3.60. The summed E-state index contributed by atoms with van der Waals surface area (Å²) in [6.45, 7) is 5.54. The largest absolute Gasteiger partial charge is 0.492 e. The third kappa shape index (κ3) is 7.09. The Morgan fingerprint density at radius 1 is 0.906 bits per heavy atom. The first kappa shape index (κ1) is 24.9. The number of piperidine rings is 1. The van der Waals surface area contributed by atoms with Crippen molar-refractivity contribution in [1.29, 1.82) is 0 Å². The van der Waals surface area contributed by atoms with Crippen molar-refractivity contribution >= 4 is 17.9 Å². The van der Waals surface area contributed by atoms with E-state index in [4.69, 9.17) is 29.3 Å². The van der Waals surface area contributed by atoms with E-state index >= 15 is 0 Å². The molecule has 3 rings (SSSR count). The van der Waals surface area contributed by atoms with E-state index in [1.54, 1.807) is 0 Å². The van der Waals surface area contributed by atoms with Gasteiger partial charge in [-0.25, -0.2) is 9.59 Å². The molecule has 0 unspecified atom stereocenters. The molecule has 0 radical (unpaired) electrons. The molecule has 32 heavy (non-hydrogen) atoms. The molecule has 2 aromatic rings. The minimum absolute atomic E-state index is 0.0913. The molecule has 2 N–H and O–H groups in total. The predicted molar refractivity (Wildman–Crippen MR) is 118 cm³/mol. The van der Waals surface area contributed by atoms with Crippen molar-refractivity contribution in [1.82, 2.24) is 4.90 Å². The lowest BCUT2D eigenvalue weighted by molar-refractivity contribution is -0.159. The molecule has 0 aliphatic carbocycles. The van der Waals surface area contributed by atoms with Crippen molar-refractivity contribution in [3.05, 3.63) is 66.2 Å². The Morgan fingerprint density at radius 3 is 1.94 bits per heavy atom. The fraction of sp³-hybridized carbons (Fsp3) is 0.375. The number of carboxylic acid groups (broad SMARTS) is 2. The van der Waals surface area contributed by atoms with Crippen LogP contribution in [0.3, 0.4) is 0 Å². The number of hydrogen-bond acceptors (Lipinski definition) is 6. The monoisotopic (exact) mass is 443 g/mol. The number of nitrogens with zero attached hydrogens (tertiary/aromatic N) is 1. The maximum absolute atomic E-state index is 12.8. The fourth-order valence-electron chi connectivity index (χ4n) is 3.60. The van der Waals surface area contributed by atoms with E-state index in [0.717, 1.165) is 43.8 Å². The highest BCUT2D eigenvalue weighted by Gasteiger charge is 2.44. The van der Waals surface area contributed by atoms with Gasteiger partial charge in [0.05, 0.1) is 12.0 Å². The number of hydrogen-bond donors (Lipinski definition) is 2. The smallest absolute Gasteiger partial charge is 0.414 e. The van der Waals surface area contributed by atoms with Crippen LogP contribution < -0.4 is 4.74 Å². The Kier molecular flexibility index (Phi) is 9.69. The van der Waals surface area contributed by atoms with E-state index in [9.17, 15) is 4.79 Å². The molecule has 2 aromatic carbocycles. The van der Waals surface area contributed by atoms with Gasteiger partial charge >= 0.3 is 17.9 Å². The van der Waals surface area contributed by atoms with E-state index in [1.165, 1.54) is 0 Å². The number of esters is 1. The molecule has 172 valence electrons. The molecule has 8 nitrogen and oxygen atoms in total. The first-order valence-electron chi connectivity index (χ1n) is 10.5. The van der Waals surface area contributed by atoms with E-state index < -0.39 is 17.4 Å². The van der Waals surface area contributed by atoms with Gasteiger partial charge in [0.2, 0.25) is 0 Å². The van der Waals surface area contributed by atoms with Gasteiger partial charge in [-0.1, -0.05) is 48.5 Å². The lowest BCUT2D eigenvalue weighted by Crippen LogP contribution is -2.48. The van der Waals surface area contributed by atoms with E-state index in [0.29, 0.717) is 13.2 Å². The van der Waals surface area contributed by atoms with Crippen molar-refractivity contribution in [3.8, 4) is 5.75 Å². The summed E-state index contributed by atoms with van der Waals surface area (Å²) in [6.07, 6.45) is 1.56. The number of carbonyl (C=O) groups is 3. The highest BCUT2D eigenvalue weighted by atomic mass is 16.5. The van der Waals surface area contributed by atoms with Crippen molar-refractivity contribution in [2.75, 3.05) is 32.8 Å². The van der Waals surface area contributed by atoms with Crippen LogP contribution in [0, 0.1) is 0 Å². The number of ether oxygens (including phenoxy) is 2. The molecule has 0 spiro atoms. The second-order valence-electron chi connectivity index (χ2n) is 7.28. The Bertz CT molecular complexity index is 850. The summed E-state index contributed by atoms with van der Waals surface area (Å²) < 4.78 is 11.2. The molecule has 0 aromatic heterocycles. The number of likely N-dealkylation sites (tertiary alicyclic amines) is 1. The summed E-state index contributed by atoms with van der Waals surface area (Å²) >= 11 is 0. The SMILES string of the molecule is CCOC(=O)C1(c2ccccc2)CCN(CCOc2ccccc2)CC1.O=C(O)C(=O)O. The number of para-hydroxylation sites is 1. The number of carboxylic acids is 2. The zero-order valence-corrected chi connectivity index (χ0v) is 18.1. The van der Waals surface area contributed by atoms with Gasteiger partial charge in [-0.3, -0.25) is 9.69 Å². The highest BCUT2D eigenvalue weighted by molar-refractivity contribution is 6.27. The quantitative estimate of drug-likeness (QED) is 0.496. The second-order valence-corrected chi connectivity index (χ2v) is 7.28. The molecule has 8 heteroatoms. The van der Waals surface area contributed by atoms with Crippen molar-refractivity contribution in [3.63, 3.8) is 0 Å². The van der Waals surface area contributed by atoms with Gasteiger partial charge in [-0.15, -0.1) is 0 Å². The summed E-state index contributed by atoms with van der Waals surface area (Å²) in [6, 6.07) is 19.9. The van der Waals surface area contributed by atoms with Gasteiger partial charge in [0.1, 0.15) is 12.4 Å². The van der Waals surface area contributed by atoms with E-state index in [1.807, 2.05) is 67.6 Å². The third-order valence-electron chi connectivity index (χ3n) is 5.30. The Labute approximate surface area is 187 Å². The predicted octanol–water partition coefficient (Wildman–Crippen LogP) is 2.82. The molecule has 0 atom stereocenters. The van der Waals surface area contributed by atoms with Crippen LogP contribution >= 0.6 is 0 Å². The van der Waals surface area contributed by atoms with Crippen molar-refractivity contribution < 1.29 is 34.1 Å². The number of benzene rings is 2. The Hall–Kier alpha value is -3.39. The molecule has 1 heterocycles. The highest BCUT2D eigenvalue weighted by Crippen LogP contribution is 2.36. The zero-order chi connectivity index (χ0) is 23.4. The Morgan fingerprint density at radius 2 is 1.44 bits per heavy atom. The number of aliphatic carboxylic acids is 2. The summed E-state index contributed by atoms with van der Waals surface area (Å²) in [7, 11) is 0. The van der Waals surface area contributed by atoms with Crippen LogP contribution in [0.5, 0.6) is 5.75 Å². The van der Waals surface area contributed by atoms with Crippen LogP contribution in [0.4, 0.5) is 0 Å². The van der Waals surface area contributed by atoms with Crippen LogP contribution in [0.15, 0.2) is 60.7 Å². The van der Waals surface area contributed by atoms with Gasteiger partial charge in [0.25, 0.3) is 0 Å². The second kappa shape index (κ2) is 12.5. The summed E-state index contributed by atoms with van der Waals surface area (Å²) in [5.41, 5.74) is 0.548. The van der Waals surface area contributed by atoms with Crippen LogP contribution in [-0.2, 0) is 24.5 Å². The van der Waals surface area contributed by atoms with Gasteiger partial charge in [0.15, 0.2) is 0 Å². The molecular formula is C24H29NO7. The van der Waals surface area contributed by atoms with Crippen LogP contribution in [0.1, 0.15) is 25.3 Å². The van der Waals surface area contributed by atoms with Crippen molar-refractivity contribution in [2.24, 2.45) is 0 Å². The van der Waals surface area contributed by atoms with Crippen molar-refractivity contribution in [2.45, 2.75) is 25.2 Å². The average Bonchev–Trinajstić information content (AvgIpc) is 2.81. The summed E-state index contributed by atoms with van der Waals surface area (Å²) in [4.78, 5) is 33.3. The molecule has 0 saturated carbocycles. The average molecular weight is 443 g/mol. The van der Waals surface area contributed by atoms with Gasteiger partial charge in [-0.05, 0) is 50.6 Å².